The molecular formula is C23H27N3O2S. The summed E-state index contributed by atoms with van der Waals surface area (Å²) in [4.78, 5) is 30.4. The van der Waals surface area contributed by atoms with Gasteiger partial charge in [0.1, 0.15) is 0 Å². The molecule has 5 nitrogen and oxygen atoms in total. The van der Waals surface area contributed by atoms with Crippen molar-refractivity contribution in [2.45, 2.75) is 45.8 Å². The van der Waals surface area contributed by atoms with Crippen LogP contribution in [-0.4, -0.2) is 27.3 Å². The number of carbonyl (C=O) groups excluding carboxylic acids is 1. The molecule has 1 N–H and O–H groups in total. The molecule has 1 atom stereocenters. The third-order valence-electron chi connectivity index (χ3n) is 4.93. The lowest BCUT2D eigenvalue weighted by atomic mass is 10.1. The van der Waals surface area contributed by atoms with Crippen LogP contribution in [0.5, 0.6) is 0 Å². The minimum atomic E-state index is -0.126. The molecular weight excluding hydrogens is 382 g/mol. The number of para-hydroxylation sites is 1. The van der Waals surface area contributed by atoms with Gasteiger partial charge in [0.2, 0.25) is 5.91 Å². The van der Waals surface area contributed by atoms with Crippen molar-refractivity contribution >= 4 is 28.6 Å². The van der Waals surface area contributed by atoms with Gasteiger partial charge in [-0.25, -0.2) is 4.98 Å². The number of nitrogens with zero attached hydrogens (tertiary/aromatic N) is 2. The Hall–Kier alpha value is -2.60. The second-order valence-electron chi connectivity index (χ2n) is 7.79. The van der Waals surface area contributed by atoms with E-state index in [-0.39, 0.29) is 23.3 Å². The maximum Gasteiger partial charge on any atom is 0.266 e. The van der Waals surface area contributed by atoms with E-state index in [1.807, 2.05) is 51.1 Å². The Bertz CT molecular complexity index is 1080. The quantitative estimate of drug-likeness (QED) is 0.488. The number of hydrogen-bond acceptors (Lipinski definition) is 4. The Morgan fingerprint density at radius 3 is 2.41 bits per heavy atom. The van der Waals surface area contributed by atoms with Crippen molar-refractivity contribution in [2.75, 3.05) is 5.75 Å². The van der Waals surface area contributed by atoms with E-state index in [0.717, 1.165) is 16.8 Å². The van der Waals surface area contributed by atoms with Crippen molar-refractivity contribution < 1.29 is 4.79 Å². The van der Waals surface area contributed by atoms with E-state index in [9.17, 15) is 9.59 Å². The molecule has 0 bridgehead atoms. The molecule has 0 spiro atoms. The number of hydrogen-bond donors (Lipinski definition) is 1. The molecule has 0 saturated carbocycles. The first-order chi connectivity index (χ1) is 13.8. The van der Waals surface area contributed by atoms with Crippen LogP contribution >= 0.6 is 11.8 Å². The summed E-state index contributed by atoms with van der Waals surface area (Å²) in [7, 11) is 0. The molecule has 1 aromatic heterocycles. The van der Waals surface area contributed by atoms with Gasteiger partial charge < -0.3 is 5.32 Å². The number of fused-ring (bicyclic) bond motifs is 1. The molecule has 3 rings (SSSR count). The molecule has 6 heteroatoms. The van der Waals surface area contributed by atoms with Crippen LogP contribution in [0.1, 0.15) is 31.9 Å². The number of nitrogens with one attached hydrogen (secondary N) is 1. The van der Waals surface area contributed by atoms with Gasteiger partial charge in [0.05, 0.1) is 22.3 Å². The minimum Gasteiger partial charge on any atom is -0.353 e. The van der Waals surface area contributed by atoms with E-state index in [4.69, 9.17) is 4.98 Å². The molecule has 0 aliphatic carbocycles. The Balaban J connectivity index is 2.03. The van der Waals surface area contributed by atoms with Gasteiger partial charge in [-0.2, -0.15) is 0 Å². The third kappa shape index (κ3) is 4.88. The predicted octanol–water partition coefficient (Wildman–Crippen LogP) is 4.26. The summed E-state index contributed by atoms with van der Waals surface area (Å²) in [6.07, 6.45) is 0. The van der Waals surface area contributed by atoms with Crippen LogP contribution in [0, 0.1) is 19.8 Å². The van der Waals surface area contributed by atoms with Crippen LogP contribution in [-0.2, 0) is 4.79 Å². The van der Waals surface area contributed by atoms with Crippen molar-refractivity contribution in [3.8, 4) is 5.69 Å². The van der Waals surface area contributed by atoms with Gasteiger partial charge in [-0.15, -0.1) is 0 Å². The lowest BCUT2D eigenvalue weighted by Gasteiger charge is -2.18. The fourth-order valence-corrected chi connectivity index (χ4v) is 3.93. The summed E-state index contributed by atoms with van der Waals surface area (Å²) in [6, 6.07) is 13.4. The highest BCUT2D eigenvalue weighted by molar-refractivity contribution is 7.99. The fraction of sp³-hybridized carbons (Fsp3) is 0.348. The van der Waals surface area contributed by atoms with Crippen LogP contribution in [0.25, 0.3) is 16.6 Å². The highest BCUT2D eigenvalue weighted by Gasteiger charge is 2.16. The predicted molar refractivity (Wildman–Crippen MR) is 120 cm³/mol. The molecule has 152 valence electrons. The SMILES string of the molecule is Cc1cc(C)cc(-n2c(SCC(=O)N[C@H](C)C(C)C)nc3ccccc3c2=O)c1. The van der Waals surface area contributed by atoms with Crippen LogP contribution in [0.2, 0.25) is 0 Å². The van der Waals surface area contributed by atoms with Crippen molar-refractivity contribution in [1.29, 1.82) is 0 Å². The highest BCUT2D eigenvalue weighted by atomic mass is 32.2. The number of aromatic nitrogens is 2. The number of aryl methyl sites for hydroxylation is 2. The molecule has 3 aromatic rings. The van der Waals surface area contributed by atoms with Gasteiger partial charge in [0, 0.05) is 6.04 Å². The number of benzene rings is 2. The standard InChI is InChI=1S/C23H27N3O2S/c1-14(2)17(5)24-21(27)13-29-23-25-20-9-7-6-8-19(20)22(28)26(23)18-11-15(3)10-16(4)12-18/h6-12,14,17H,13H2,1-5H3,(H,24,27)/t17-/m1/s1. The smallest absolute Gasteiger partial charge is 0.266 e. The fourth-order valence-electron chi connectivity index (χ4n) is 3.11. The Morgan fingerprint density at radius 1 is 1.10 bits per heavy atom. The number of thioether (sulfide) groups is 1. The van der Waals surface area contributed by atoms with Crippen molar-refractivity contribution in [2.24, 2.45) is 5.92 Å². The van der Waals surface area contributed by atoms with Crippen molar-refractivity contribution in [3.63, 3.8) is 0 Å². The van der Waals surface area contributed by atoms with Gasteiger partial charge in [-0.3, -0.25) is 14.2 Å². The van der Waals surface area contributed by atoms with Crippen LogP contribution < -0.4 is 10.9 Å². The first-order valence-corrected chi connectivity index (χ1v) is 10.8. The van der Waals surface area contributed by atoms with E-state index in [2.05, 4.69) is 25.2 Å². The van der Waals surface area contributed by atoms with Crippen LogP contribution in [0.4, 0.5) is 0 Å². The maximum atomic E-state index is 13.3. The summed E-state index contributed by atoms with van der Waals surface area (Å²) in [5.74, 6) is 0.494. The maximum absolute atomic E-state index is 13.3. The van der Waals surface area contributed by atoms with Crippen molar-refractivity contribution in [1.82, 2.24) is 14.9 Å². The molecule has 2 aromatic carbocycles. The first kappa shape index (κ1) is 21.1. The number of carbonyl (C=O) groups is 1. The molecule has 29 heavy (non-hydrogen) atoms. The molecule has 1 heterocycles. The summed E-state index contributed by atoms with van der Waals surface area (Å²) in [6.45, 7) is 10.1. The zero-order chi connectivity index (χ0) is 21.1. The highest BCUT2D eigenvalue weighted by Crippen LogP contribution is 2.22. The normalized spacial score (nSPS) is 12.3. The Morgan fingerprint density at radius 2 is 1.76 bits per heavy atom. The second kappa shape index (κ2) is 8.82. The number of rotatable bonds is 6. The molecule has 1 amide bonds. The molecule has 0 unspecified atom stereocenters. The first-order valence-electron chi connectivity index (χ1n) is 9.79. The molecule has 0 fully saturated rings. The minimum absolute atomic E-state index is 0.0643. The zero-order valence-corrected chi connectivity index (χ0v) is 18.3. The van der Waals surface area contributed by atoms with E-state index < -0.39 is 0 Å². The Kier molecular flexibility index (Phi) is 6.42. The summed E-state index contributed by atoms with van der Waals surface area (Å²) < 4.78 is 1.62. The summed E-state index contributed by atoms with van der Waals surface area (Å²) >= 11 is 1.28. The van der Waals surface area contributed by atoms with Crippen molar-refractivity contribution in [3.05, 3.63) is 63.9 Å². The van der Waals surface area contributed by atoms with Gasteiger partial charge in [0.15, 0.2) is 5.16 Å². The van der Waals surface area contributed by atoms with Gasteiger partial charge in [0.25, 0.3) is 5.56 Å². The van der Waals surface area contributed by atoms with E-state index in [1.54, 1.807) is 10.6 Å². The van der Waals surface area contributed by atoms with E-state index in [1.165, 1.54) is 11.8 Å². The monoisotopic (exact) mass is 409 g/mol. The van der Waals surface area contributed by atoms with Gasteiger partial charge in [-0.1, -0.05) is 43.8 Å². The second-order valence-corrected chi connectivity index (χ2v) is 8.73. The third-order valence-corrected chi connectivity index (χ3v) is 5.87. The molecule has 0 aliphatic heterocycles. The average molecular weight is 410 g/mol. The van der Waals surface area contributed by atoms with Crippen LogP contribution in [0.15, 0.2) is 52.4 Å². The van der Waals surface area contributed by atoms with Crippen LogP contribution in [0.3, 0.4) is 0 Å². The van der Waals surface area contributed by atoms with E-state index in [0.29, 0.717) is 22.0 Å². The van der Waals surface area contributed by atoms with Gasteiger partial charge >= 0.3 is 0 Å². The molecule has 0 radical (unpaired) electrons. The Labute approximate surface area is 175 Å². The molecule has 0 aliphatic rings. The van der Waals surface area contributed by atoms with Gasteiger partial charge in [-0.05, 0) is 62.1 Å². The topological polar surface area (TPSA) is 64.0 Å². The summed E-state index contributed by atoms with van der Waals surface area (Å²) in [5, 5.41) is 4.09. The molecule has 0 saturated heterocycles. The summed E-state index contributed by atoms with van der Waals surface area (Å²) in [5.41, 5.74) is 3.42. The zero-order valence-electron chi connectivity index (χ0n) is 17.5. The largest absolute Gasteiger partial charge is 0.353 e. The average Bonchev–Trinajstić information content (AvgIpc) is 2.65. The lowest BCUT2D eigenvalue weighted by molar-refractivity contribution is -0.119. The van der Waals surface area contributed by atoms with E-state index >= 15 is 0 Å². The lowest BCUT2D eigenvalue weighted by Crippen LogP contribution is -2.37. The number of amides is 1.